The highest BCUT2D eigenvalue weighted by Gasteiger charge is 2.38. The van der Waals surface area contributed by atoms with Gasteiger partial charge in [0.25, 0.3) is 5.91 Å². The number of aromatic nitrogens is 2. The maximum atomic E-state index is 12.3. The first-order chi connectivity index (χ1) is 8.91. The van der Waals surface area contributed by atoms with Crippen LogP contribution in [0.1, 0.15) is 16.2 Å². The van der Waals surface area contributed by atoms with Crippen molar-refractivity contribution in [2.24, 2.45) is 5.84 Å². The van der Waals surface area contributed by atoms with E-state index in [4.69, 9.17) is 5.84 Å². The van der Waals surface area contributed by atoms with E-state index in [0.29, 0.717) is 0 Å². The number of carbonyl (C=O) groups is 1. The number of nitrogens with one attached hydrogen (secondary N) is 1. The highest BCUT2D eigenvalue weighted by atomic mass is 19.4. The molecule has 19 heavy (non-hydrogen) atoms. The SMILES string of the molecule is NNC(=O)c1ccc(-c2noc(C(F)(F)F)n2)cc1. The number of nitrogens with zero attached hydrogens (tertiary/aromatic N) is 2. The molecule has 0 radical (unpaired) electrons. The van der Waals surface area contributed by atoms with E-state index in [0.717, 1.165) is 0 Å². The van der Waals surface area contributed by atoms with Gasteiger partial charge < -0.3 is 4.52 Å². The van der Waals surface area contributed by atoms with Crippen LogP contribution in [0.3, 0.4) is 0 Å². The fourth-order valence-electron chi connectivity index (χ4n) is 1.31. The Hall–Kier alpha value is -2.42. The average molecular weight is 272 g/mol. The molecule has 0 aliphatic carbocycles. The number of rotatable bonds is 2. The van der Waals surface area contributed by atoms with E-state index in [1.54, 1.807) is 0 Å². The molecule has 2 rings (SSSR count). The fourth-order valence-corrected chi connectivity index (χ4v) is 1.31. The number of alkyl halides is 3. The molecule has 0 fully saturated rings. The zero-order valence-corrected chi connectivity index (χ0v) is 9.23. The Kier molecular flexibility index (Phi) is 3.21. The summed E-state index contributed by atoms with van der Waals surface area (Å²) < 4.78 is 40.9. The Bertz CT molecular complexity index is 592. The highest BCUT2D eigenvalue weighted by Crippen LogP contribution is 2.29. The van der Waals surface area contributed by atoms with Crippen molar-refractivity contribution in [2.45, 2.75) is 6.18 Å². The first kappa shape index (κ1) is 13.0. The van der Waals surface area contributed by atoms with Crippen molar-refractivity contribution in [1.29, 1.82) is 0 Å². The van der Waals surface area contributed by atoms with Gasteiger partial charge in [-0.25, -0.2) is 5.84 Å². The van der Waals surface area contributed by atoms with Gasteiger partial charge in [0.1, 0.15) is 0 Å². The first-order valence-corrected chi connectivity index (χ1v) is 4.94. The van der Waals surface area contributed by atoms with Gasteiger partial charge in [0.15, 0.2) is 0 Å². The summed E-state index contributed by atoms with van der Waals surface area (Å²) in [6.45, 7) is 0. The number of hydrogen-bond acceptors (Lipinski definition) is 5. The van der Waals surface area contributed by atoms with Gasteiger partial charge in [-0.3, -0.25) is 10.2 Å². The predicted octanol–water partition coefficient (Wildman–Crippen LogP) is 1.36. The van der Waals surface area contributed by atoms with Crippen LogP contribution in [0.25, 0.3) is 11.4 Å². The number of hydrazine groups is 1. The quantitative estimate of drug-likeness (QED) is 0.489. The molecule has 0 saturated heterocycles. The summed E-state index contributed by atoms with van der Waals surface area (Å²) in [5.74, 6) is 2.78. The topological polar surface area (TPSA) is 94.0 Å². The summed E-state index contributed by atoms with van der Waals surface area (Å²) in [6, 6.07) is 5.52. The van der Waals surface area contributed by atoms with Crippen molar-refractivity contribution < 1.29 is 22.5 Å². The van der Waals surface area contributed by atoms with E-state index >= 15 is 0 Å². The summed E-state index contributed by atoms with van der Waals surface area (Å²) in [5.41, 5.74) is 2.47. The largest absolute Gasteiger partial charge is 0.471 e. The van der Waals surface area contributed by atoms with Crippen molar-refractivity contribution in [2.75, 3.05) is 0 Å². The molecule has 3 N–H and O–H groups in total. The molecule has 0 spiro atoms. The highest BCUT2D eigenvalue weighted by molar-refractivity contribution is 5.94. The van der Waals surface area contributed by atoms with Crippen LogP contribution in [-0.4, -0.2) is 16.0 Å². The second-order valence-electron chi connectivity index (χ2n) is 3.47. The van der Waals surface area contributed by atoms with Crippen LogP contribution in [0.4, 0.5) is 13.2 Å². The lowest BCUT2D eigenvalue weighted by Gasteiger charge is -2.00. The molecule has 2 aromatic rings. The van der Waals surface area contributed by atoms with E-state index in [1.165, 1.54) is 24.3 Å². The van der Waals surface area contributed by atoms with Gasteiger partial charge in [0.2, 0.25) is 5.82 Å². The minimum Gasteiger partial charge on any atom is -0.329 e. The summed E-state index contributed by atoms with van der Waals surface area (Å²) in [7, 11) is 0. The van der Waals surface area contributed by atoms with Crippen molar-refractivity contribution in [3.8, 4) is 11.4 Å². The number of carbonyl (C=O) groups excluding carboxylic acids is 1. The third kappa shape index (κ3) is 2.71. The van der Waals surface area contributed by atoms with Crippen molar-refractivity contribution in [1.82, 2.24) is 15.6 Å². The van der Waals surface area contributed by atoms with Gasteiger partial charge in [0.05, 0.1) is 0 Å². The van der Waals surface area contributed by atoms with Crippen LogP contribution in [0.2, 0.25) is 0 Å². The van der Waals surface area contributed by atoms with Gasteiger partial charge in [-0.2, -0.15) is 18.2 Å². The molecule has 100 valence electrons. The Labute approximate surface area is 104 Å². The summed E-state index contributed by atoms with van der Waals surface area (Å²) in [5, 5.41) is 3.22. The molecular weight excluding hydrogens is 265 g/mol. The zero-order valence-electron chi connectivity index (χ0n) is 9.23. The lowest BCUT2D eigenvalue weighted by Crippen LogP contribution is -2.29. The monoisotopic (exact) mass is 272 g/mol. The predicted molar refractivity (Wildman–Crippen MR) is 56.4 cm³/mol. The standard InChI is InChI=1S/C10H7F3N4O2/c11-10(12,13)9-15-7(17-19-9)5-1-3-6(4-2-5)8(18)16-14/h1-4H,14H2,(H,16,18). The van der Waals surface area contributed by atoms with Crippen LogP contribution in [-0.2, 0) is 6.18 Å². The molecule has 9 heteroatoms. The molecule has 6 nitrogen and oxygen atoms in total. The first-order valence-electron chi connectivity index (χ1n) is 4.94. The number of hydrogen-bond donors (Lipinski definition) is 2. The number of amides is 1. The van der Waals surface area contributed by atoms with Crippen LogP contribution < -0.4 is 11.3 Å². The molecule has 0 unspecified atom stereocenters. The van der Waals surface area contributed by atoms with E-state index in [2.05, 4.69) is 14.7 Å². The number of nitrogen functional groups attached to an aromatic ring is 1. The molecule has 0 bridgehead atoms. The molecule has 1 heterocycles. The molecule has 1 aromatic carbocycles. The maximum absolute atomic E-state index is 12.3. The Balaban J connectivity index is 2.28. The van der Waals surface area contributed by atoms with Crippen LogP contribution in [0, 0.1) is 0 Å². The number of nitrogens with two attached hydrogens (primary N) is 1. The fraction of sp³-hybridized carbons (Fsp3) is 0.100. The molecule has 1 aromatic heterocycles. The van der Waals surface area contributed by atoms with E-state index in [1.807, 2.05) is 5.43 Å². The normalized spacial score (nSPS) is 11.4. The summed E-state index contributed by atoms with van der Waals surface area (Å²) >= 11 is 0. The lowest BCUT2D eigenvalue weighted by atomic mass is 10.1. The minimum absolute atomic E-state index is 0.216. The van der Waals surface area contributed by atoms with Gasteiger partial charge in [-0.05, 0) is 12.1 Å². The molecule has 0 saturated carbocycles. The van der Waals surface area contributed by atoms with Crippen molar-refractivity contribution in [3.63, 3.8) is 0 Å². The summed E-state index contributed by atoms with van der Waals surface area (Å²) in [4.78, 5) is 14.4. The molecular formula is C10H7F3N4O2. The van der Waals surface area contributed by atoms with Gasteiger partial charge in [-0.15, -0.1) is 0 Å². The zero-order chi connectivity index (χ0) is 14.0. The van der Waals surface area contributed by atoms with Gasteiger partial charge >= 0.3 is 12.1 Å². The van der Waals surface area contributed by atoms with Crippen LogP contribution >= 0.6 is 0 Å². The molecule has 0 atom stereocenters. The Morgan fingerprint density at radius 3 is 2.37 bits per heavy atom. The van der Waals surface area contributed by atoms with Crippen LogP contribution in [0.15, 0.2) is 28.8 Å². The van der Waals surface area contributed by atoms with Crippen LogP contribution in [0.5, 0.6) is 0 Å². The average Bonchev–Trinajstić information content (AvgIpc) is 2.87. The lowest BCUT2D eigenvalue weighted by molar-refractivity contribution is -0.159. The molecule has 1 amide bonds. The second kappa shape index (κ2) is 4.69. The van der Waals surface area contributed by atoms with Crippen molar-refractivity contribution in [3.05, 3.63) is 35.7 Å². The van der Waals surface area contributed by atoms with E-state index in [-0.39, 0.29) is 17.0 Å². The third-order valence-corrected chi connectivity index (χ3v) is 2.20. The maximum Gasteiger partial charge on any atom is 0.471 e. The Morgan fingerprint density at radius 2 is 1.89 bits per heavy atom. The molecule has 0 aliphatic rings. The van der Waals surface area contributed by atoms with Gasteiger partial charge in [0, 0.05) is 11.1 Å². The van der Waals surface area contributed by atoms with E-state index < -0.39 is 18.0 Å². The molecule has 0 aliphatic heterocycles. The van der Waals surface area contributed by atoms with E-state index in [9.17, 15) is 18.0 Å². The number of benzene rings is 1. The minimum atomic E-state index is -4.69. The Morgan fingerprint density at radius 1 is 1.26 bits per heavy atom. The van der Waals surface area contributed by atoms with Gasteiger partial charge in [-0.1, -0.05) is 17.3 Å². The summed E-state index contributed by atoms with van der Waals surface area (Å²) in [6.07, 6.45) is -4.69. The number of halogens is 3. The second-order valence-corrected chi connectivity index (χ2v) is 3.47. The van der Waals surface area contributed by atoms with Crippen molar-refractivity contribution >= 4 is 5.91 Å². The smallest absolute Gasteiger partial charge is 0.329 e. The third-order valence-electron chi connectivity index (χ3n) is 2.20.